The highest BCUT2D eigenvalue weighted by molar-refractivity contribution is 6.30. The van der Waals surface area contributed by atoms with E-state index < -0.39 is 5.82 Å². The highest BCUT2D eigenvalue weighted by atomic mass is 35.5. The van der Waals surface area contributed by atoms with Crippen LogP contribution in [-0.2, 0) is 11.2 Å². The van der Waals surface area contributed by atoms with Gasteiger partial charge in [0.15, 0.2) is 0 Å². The third kappa shape index (κ3) is 3.39. The molecule has 116 valence electrons. The number of benzene rings is 1. The molecule has 0 unspecified atom stereocenters. The number of carbonyl (C=O) groups is 1. The van der Waals surface area contributed by atoms with Crippen molar-refractivity contribution in [1.29, 1.82) is 0 Å². The van der Waals surface area contributed by atoms with Gasteiger partial charge in [0.05, 0.1) is 11.4 Å². The lowest BCUT2D eigenvalue weighted by molar-refractivity contribution is -0.121. The number of nitrogens with zero attached hydrogens (tertiary/aromatic N) is 2. The van der Waals surface area contributed by atoms with Crippen molar-refractivity contribution in [1.82, 2.24) is 15.5 Å². The van der Waals surface area contributed by atoms with E-state index in [-0.39, 0.29) is 23.4 Å². The molecule has 0 aliphatic carbocycles. The van der Waals surface area contributed by atoms with Gasteiger partial charge in [0.2, 0.25) is 5.91 Å². The Morgan fingerprint density at radius 2 is 2.36 bits per heavy atom. The predicted molar refractivity (Wildman–Crippen MR) is 82.5 cm³/mol. The Hall–Kier alpha value is -2.08. The van der Waals surface area contributed by atoms with Crippen LogP contribution >= 0.6 is 11.6 Å². The van der Waals surface area contributed by atoms with Crippen molar-refractivity contribution in [3.8, 4) is 0 Å². The first-order valence-electron chi connectivity index (χ1n) is 7.09. The standard InChI is InChI=1S/C15H16ClFN4O/c16-13-2-1-12(8-14(13)17)21-6-4-11(9-21)19-15(22)7-10-3-5-18-20-10/h1-3,5,8,11H,4,6-7,9H2,(H,18,20)(H,19,22)/t11-/m0/s1. The summed E-state index contributed by atoms with van der Waals surface area (Å²) in [6.07, 6.45) is 2.74. The highest BCUT2D eigenvalue weighted by Gasteiger charge is 2.24. The van der Waals surface area contributed by atoms with E-state index in [2.05, 4.69) is 15.5 Å². The van der Waals surface area contributed by atoms with Gasteiger partial charge in [-0.15, -0.1) is 0 Å². The summed E-state index contributed by atoms with van der Waals surface area (Å²) in [7, 11) is 0. The molecule has 1 saturated heterocycles. The van der Waals surface area contributed by atoms with E-state index in [0.29, 0.717) is 6.54 Å². The van der Waals surface area contributed by atoms with Crippen molar-refractivity contribution in [3.63, 3.8) is 0 Å². The van der Waals surface area contributed by atoms with E-state index in [0.717, 1.165) is 24.3 Å². The molecule has 3 rings (SSSR count). The van der Waals surface area contributed by atoms with Crippen LogP contribution in [-0.4, -0.2) is 35.2 Å². The fourth-order valence-electron chi connectivity index (χ4n) is 2.63. The molecule has 1 aliphatic rings. The van der Waals surface area contributed by atoms with Crippen LogP contribution in [0.15, 0.2) is 30.5 Å². The Kier molecular flexibility index (Phi) is 4.29. The van der Waals surface area contributed by atoms with E-state index in [1.54, 1.807) is 24.4 Å². The number of halogens is 2. The molecule has 1 amide bonds. The van der Waals surface area contributed by atoms with E-state index >= 15 is 0 Å². The maximum atomic E-state index is 13.5. The zero-order valence-electron chi connectivity index (χ0n) is 11.9. The zero-order chi connectivity index (χ0) is 15.5. The van der Waals surface area contributed by atoms with E-state index in [1.165, 1.54) is 6.07 Å². The fraction of sp³-hybridized carbons (Fsp3) is 0.333. The minimum atomic E-state index is -0.425. The molecular formula is C15H16ClFN4O. The highest BCUT2D eigenvalue weighted by Crippen LogP contribution is 2.25. The van der Waals surface area contributed by atoms with Crippen LogP contribution < -0.4 is 10.2 Å². The van der Waals surface area contributed by atoms with Crippen LogP contribution in [0.3, 0.4) is 0 Å². The Labute approximate surface area is 132 Å². The second kappa shape index (κ2) is 6.36. The van der Waals surface area contributed by atoms with Gasteiger partial charge in [-0.25, -0.2) is 4.39 Å². The van der Waals surface area contributed by atoms with Gasteiger partial charge in [-0.3, -0.25) is 9.89 Å². The van der Waals surface area contributed by atoms with Gasteiger partial charge in [-0.05, 0) is 30.7 Å². The average Bonchev–Trinajstić information content (AvgIpc) is 3.13. The summed E-state index contributed by atoms with van der Waals surface area (Å²) in [6.45, 7) is 1.44. The lowest BCUT2D eigenvalue weighted by atomic mass is 10.2. The Balaban J connectivity index is 1.55. The second-order valence-electron chi connectivity index (χ2n) is 5.36. The monoisotopic (exact) mass is 322 g/mol. The minimum Gasteiger partial charge on any atom is -0.369 e. The summed E-state index contributed by atoms with van der Waals surface area (Å²) in [5.41, 5.74) is 1.57. The average molecular weight is 323 g/mol. The van der Waals surface area contributed by atoms with Crippen LogP contribution in [0.1, 0.15) is 12.1 Å². The van der Waals surface area contributed by atoms with Crippen molar-refractivity contribution < 1.29 is 9.18 Å². The van der Waals surface area contributed by atoms with Crippen molar-refractivity contribution in [3.05, 3.63) is 47.0 Å². The lowest BCUT2D eigenvalue weighted by Crippen LogP contribution is -2.38. The van der Waals surface area contributed by atoms with Crippen molar-refractivity contribution >= 4 is 23.2 Å². The quantitative estimate of drug-likeness (QED) is 0.906. The van der Waals surface area contributed by atoms with E-state index in [4.69, 9.17) is 11.6 Å². The number of hydrogen-bond acceptors (Lipinski definition) is 3. The van der Waals surface area contributed by atoms with Gasteiger partial charge in [-0.2, -0.15) is 5.10 Å². The van der Waals surface area contributed by atoms with Crippen LogP contribution in [0.2, 0.25) is 5.02 Å². The molecule has 7 heteroatoms. The van der Waals surface area contributed by atoms with Crippen molar-refractivity contribution in [2.24, 2.45) is 0 Å². The van der Waals surface area contributed by atoms with Gasteiger partial charge in [-0.1, -0.05) is 11.6 Å². The minimum absolute atomic E-state index is 0.0432. The molecule has 2 aromatic rings. The Morgan fingerprint density at radius 3 is 3.09 bits per heavy atom. The molecule has 2 N–H and O–H groups in total. The molecule has 1 aromatic heterocycles. The number of hydrogen-bond donors (Lipinski definition) is 2. The number of rotatable bonds is 4. The SMILES string of the molecule is O=C(Cc1ccn[nH]1)N[C@H]1CCN(c2ccc(Cl)c(F)c2)C1. The molecule has 1 fully saturated rings. The molecule has 0 radical (unpaired) electrons. The largest absolute Gasteiger partial charge is 0.369 e. The molecule has 0 saturated carbocycles. The van der Waals surface area contributed by atoms with Gasteiger partial charge >= 0.3 is 0 Å². The van der Waals surface area contributed by atoms with Crippen LogP contribution in [0, 0.1) is 5.82 Å². The molecule has 2 heterocycles. The zero-order valence-corrected chi connectivity index (χ0v) is 12.6. The second-order valence-corrected chi connectivity index (χ2v) is 5.76. The number of aromatic amines is 1. The van der Waals surface area contributed by atoms with Crippen LogP contribution in [0.4, 0.5) is 10.1 Å². The molecule has 22 heavy (non-hydrogen) atoms. The summed E-state index contributed by atoms with van der Waals surface area (Å²) < 4.78 is 13.5. The maximum Gasteiger partial charge on any atom is 0.226 e. The number of carbonyl (C=O) groups excluding carboxylic acids is 1. The lowest BCUT2D eigenvalue weighted by Gasteiger charge is -2.19. The Bertz CT molecular complexity index is 662. The third-order valence-electron chi connectivity index (χ3n) is 3.73. The summed E-state index contributed by atoms with van der Waals surface area (Å²) in [5.74, 6) is -0.468. The molecule has 0 spiro atoms. The fourth-order valence-corrected chi connectivity index (χ4v) is 2.75. The van der Waals surface area contributed by atoms with Gasteiger partial charge < -0.3 is 10.2 Å². The molecule has 5 nitrogen and oxygen atoms in total. The van der Waals surface area contributed by atoms with Gasteiger partial charge in [0, 0.05) is 36.7 Å². The van der Waals surface area contributed by atoms with Crippen LogP contribution in [0.25, 0.3) is 0 Å². The number of anilines is 1. The normalized spacial score (nSPS) is 17.7. The number of aromatic nitrogens is 2. The van der Waals surface area contributed by atoms with Crippen molar-refractivity contribution in [2.45, 2.75) is 18.9 Å². The number of amides is 1. The Morgan fingerprint density at radius 1 is 1.50 bits per heavy atom. The summed E-state index contributed by atoms with van der Waals surface area (Å²) in [4.78, 5) is 14.0. The van der Waals surface area contributed by atoms with E-state index in [9.17, 15) is 9.18 Å². The molecule has 1 aromatic carbocycles. The number of H-pyrrole nitrogens is 1. The van der Waals surface area contributed by atoms with Crippen molar-refractivity contribution in [2.75, 3.05) is 18.0 Å². The molecule has 1 atom stereocenters. The van der Waals surface area contributed by atoms with Gasteiger partial charge in [0.25, 0.3) is 0 Å². The molecular weight excluding hydrogens is 307 g/mol. The molecule has 1 aliphatic heterocycles. The van der Waals surface area contributed by atoms with Crippen LogP contribution in [0.5, 0.6) is 0 Å². The number of nitrogens with one attached hydrogen (secondary N) is 2. The molecule has 0 bridgehead atoms. The smallest absolute Gasteiger partial charge is 0.226 e. The summed E-state index contributed by atoms with van der Waals surface area (Å²) in [5, 5.41) is 9.69. The first kappa shape index (κ1) is 14.8. The predicted octanol–water partition coefficient (Wildman–Crippen LogP) is 2.14. The summed E-state index contributed by atoms with van der Waals surface area (Å²) >= 11 is 5.69. The first-order valence-corrected chi connectivity index (χ1v) is 7.47. The summed E-state index contributed by atoms with van der Waals surface area (Å²) in [6, 6.07) is 6.61. The maximum absolute atomic E-state index is 13.5. The first-order chi connectivity index (χ1) is 10.6. The van der Waals surface area contributed by atoms with Gasteiger partial charge in [0.1, 0.15) is 5.82 Å². The van der Waals surface area contributed by atoms with E-state index in [1.807, 2.05) is 4.90 Å². The topological polar surface area (TPSA) is 61.0 Å². The third-order valence-corrected chi connectivity index (χ3v) is 4.04.